The van der Waals surface area contributed by atoms with Gasteiger partial charge in [-0.05, 0) is 50.2 Å². The van der Waals surface area contributed by atoms with Gasteiger partial charge in [0.1, 0.15) is 12.0 Å². The number of H-pyrrole nitrogens is 2. The number of aromatic nitrogens is 10. The van der Waals surface area contributed by atoms with Gasteiger partial charge >= 0.3 is 0 Å². The molecular formula is C23H25N11S. The smallest absolute Gasteiger partial charge is 0.229 e. The van der Waals surface area contributed by atoms with Crippen molar-refractivity contribution in [3.8, 4) is 11.3 Å². The molecule has 0 atom stereocenters. The van der Waals surface area contributed by atoms with Crippen molar-refractivity contribution in [2.75, 3.05) is 11.1 Å². The zero-order valence-corrected chi connectivity index (χ0v) is 20.0. The van der Waals surface area contributed by atoms with E-state index in [1.165, 1.54) is 0 Å². The highest BCUT2D eigenvalue weighted by molar-refractivity contribution is 7.99. The molecule has 11 nitrogen and oxygen atoms in total. The fourth-order valence-corrected chi connectivity index (χ4v) is 5.59. The molecule has 0 bridgehead atoms. The molecule has 5 aromatic rings. The lowest BCUT2D eigenvalue weighted by molar-refractivity contribution is 0.277. The van der Waals surface area contributed by atoms with Crippen molar-refractivity contribution in [2.45, 2.75) is 43.8 Å². The van der Waals surface area contributed by atoms with Crippen LogP contribution in [0.4, 0.5) is 11.9 Å². The summed E-state index contributed by atoms with van der Waals surface area (Å²) in [5, 5.41) is 16.7. The third-order valence-electron chi connectivity index (χ3n) is 6.44. The second-order valence-electron chi connectivity index (χ2n) is 8.78. The van der Waals surface area contributed by atoms with Crippen molar-refractivity contribution in [3.05, 3.63) is 48.9 Å². The minimum atomic E-state index is 0.417. The highest BCUT2D eigenvalue weighted by Gasteiger charge is 2.24. The first-order valence-electron chi connectivity index (χ1n) is 11.7. The van der Waals surface area contributed by atoms with Crippen molar-refractivity contribution in [1.82, 2.24) is 49.9 Å². The quantitative estimate of drug-likeness (QED) is 0.287. The molecular weight excluding hydrogens is 462 g/mol. The lowest BCUT2D eigenvalue weighted by atomic mass is 9.87. The van der Waals surface area contributed by atoms with Gasteiger partial charge in [-0.15, -0.1) is 5.10 Å². The average molecular weight is 488 g/mol. The lowest BCUT2D eigenvalue weighted by Gasteiger charge is -2.28. The summed E-state index contributed by atoms with van der Waals surface area (Å²) in [6.07, 6.45) is 15.5. The molecule has 5 heterocycles. The second kappa shape index (κ2) is 9.45. The predicted molar refractivity (Wildman–Crippen MR) is 133 cm³/mol. The third kappa shape index (κ3) is 4.61. The van der Waals surface area contributed by atoms with Crippen LogP contribution in [0.1, 0.15) is 37.3 Å². The van der Waals surface area contributed by atoms with Crippen LogP contribution in [0.15, 0.2) is 48.5 Å². The fourth-order valence-electron chi connectivity index (χ4n) is 4.60. The molecule has 0 saturated heterocycles. The van der Waals surface area contributed by atoms with Crippen LogP contribution in [-0.4, -0.2) is 55.6 Å². The number of hydrogen-bond acceptors (Lipinski definition) is 9. The Bertz CT molecular complexity index is 1420. The van der Waals surface area contributed by atoms with Crippen LogP contribution in [0, 0.1) is 12.8 Å². The van der Waals surface area contributed by atoms with E-state index in [0.29, 0.717) is 23.9 Å². The molecule has 5 aromatic heterocycles. The van der Waals surface area contributed by atoms with E-state index in [-0.39, 0.29) is 0 Å². The number of fused-ring (bicyclic) bond motifs is 1. The number of rotatable bonds is 7. The van der Waals surface area contributed by atoms with Crippen LogP contribution in [0.2, 0.25) is 0 Å². The summed E-state index contributed by atoms with van der Waals surface area (Å²) in [6, 6.07) is 2.19. The number of aryl methyl sites for hydroxylation is 1. The largest absolute Gasteiger partial charge is 0.346 e. The van der Waals surface area contributed by atoms with E-state index in [9.17, 15) is 0 Å². The summed E-state index contributed by atoms with van der Waals surface area (Å²) in [5.74, 6) is 2.69. The fraction of sp³-hybridized carbons (Fsp3) is 0.348. The monoisotopic (exact) mass is 487 g/mol. The van der Waals surface area contributed by atoms with Crippen LogP contribution >= 0.6 is 11.8 Å². The van der Waals surface area contributed by atoms with E-state index in [2.05, 4.69) is 63.2 Å². The summed E-state index contributed by atoms with van der Waals surface area (Å²) in [7, 11) is 0. The summed E-state index contributed by atoms with van der Waals surface area (Å²) in [5.41, 5.74) is 3.97. The van der Waals surface area contributed by atoms with Gasteiger partial charge in [-0.3, -0.25) is 10.00 Å². The van der Waals surface area contributed by atoms with E-state index < -0.39 is 0 Å². The van der Waals surface area contributed by atoms with Crippen LogP contribution in [0.25, 0.3) is 22.3 Å². The van der Waals surface area contributed by atoms with Crippen molar-refractivity contribution >= 4 is 34.7 Å². The van der Waals surface area contributed by atoms with Gasteiger partial charge in [0.2, 0.25) is 17.1 Å². The van der Waals surface area contributed by atoms with Crippen LogP contribution < -0.4 is 5.32 Å². The molecule has 35 heavy (non-hydrogen) atoms. The molecule has 1 aliphatic rings. The van der Waals surface area contributed by atoms with Gasteiger partial charge in [-0.25, -0.2) is 25.0 Å². The summed E-state index contributed by atoms with van der Waals surface area (Å²) < 4.78 is 2.12. The van der Waals surface area contributed by atoms with Gasteiger partial charge in [0.25, 0.3) is 0 Å². The maximum Gasteiger partial charge on any atom is 0.229 e. The van der Waals surface area contributed by atoms with Gasteiger partial charge in [0.05, 0.1) is 17.9 Å². The van der Waals surface area contributed by atoms with Gasteiger partial charge in [0.15, 0.2) is 0 Å². The van der Waals surface area contributed by atoms with E-state index in [1.54, 1.807) is 36.5 Å². The summed E-state index contributed by atoms with van der Waals surface area (Å²) >= 11 is 1.69. The van der Waals surface area contributed by atoms with E-state index in [1.807, 2.05) is 12.4 Å². The highest BCUT2D eigenvalue weighted by Crippen LogP contribution is 2.36. The summed E-state index contributed by atoms with van der Waals surface area (Å²) in [6.45, 7) is 2.07. The predicted octanol–water partition coefficient (Wildman–Crippen LogP) is 4.31. The van der Waals surface area contributed by atoms with Gasteiger partial charge in [-0.1, -0.05) is 11.8 Å². The highest BCUT2D eigenvalue weighted by atomic mass is 32.2. The maximum absolute atomic E-state index is 4.69. The molecule has 0 aliphatic heterocycles. The third-order valence-corrected chi connectivity index (χ3v) is 7.52. The van der Waals surface area contributed by atoms with Crippen LogP contribution in [0.5, 0.6) is 0 Å². The molecule has 1 fully saturated rings. The molecule has 1 aliphatic carbocycles. The van der Waals surface area contributed by atoms with Crippen molar-refractivity contribution in [1.29, 1.82) is 0 Å². The molecule has 6 rings (SSSR count). The number of anilines is 2. The SMILES string of the molecule is Cc1c[nH]c2ncnc(-c3cnn(C4CCC(CSc5n[nH]c(Nc6ncccn6)n5)CC4)c3)c12. The number of hydrogen-bond donors (Lipinski definition) is 3. The molecule has 1 saturated carbocycles. The van der Waals surface area contributed by atoms with Crippen molar-refractivity contribution < 1.29 is 0 Å². The lowest BCUT2D eigenvalue weighted by Crippen LogP contribution is -2.19. The minimum Gasteiger partial charge on any atom is -0.346 e. The Morgan fingerprint density at radius 1 is 1.11 bits per heavy atom. The molecule has 0 aromatic carbocycles. The zero-order valence-electron chi connectivity index (χ0n) is 19.2. The van der Waals surface area contributed by atoms with E-state index >= 15 is 0 Å². The Morgan fingerprint density at radius 3 is 2.83 bits per heavy atom. The molecule has 0 amide bonds. The van der Waals surface area contributed by atoms with Gasteiger partial charge < -0.3 is 4.98 Å². The maximum atomic E-state index is 4.69. The molecule has 3 N–H and O–H groups in total. The van der Waals surface area contributed by atoms with Crippen molar-refractivity contribution in [2.24, 2.45) is 5.92 Å². The Morgan fingerprint density at radius 2 is 1.97 bits per heavy atom. The second-order valence-corrected chi connectivity index (χ2v) is 9.76. The zero-order chi connectivity index (χ0) is 23.6. The Balaban J connectivity index is 1.03. The van der Waals surface area contributed by atoms with Crippen LogP contribution in [0.3, 0.4) is 0 Å². The Hall–Kier alpha value is -3.80. The van der Waals surface area contributed by atoms with E-state index in [4.69, 9.17) is 5.10 Å². The van der Waals surface area contributed by atoms with Gasteiger partial charge in [0, 0.05) is 41.5 Å². The average Bonchev–Trinajstić information content (AvgIpc) is 3.65. The van der Waals surface area contributed by atoms with Crippen molar-refractivity contribution in [3.63, 3.8) is 0 Å². The minimum absolute atomic E-state index is 0.417. The number of nitrogens with one attached hydrogen (secondary N) is 3. The first-order chi connectivity index (χ1) is 17.2. The number of thioether (sulfide) groups is 1. The topological polar surface area (TPSA) is 139 Å². The van der Waals surface area contributed by atoms with E-state index in [0.717, 1.165) is 64.4 Å². The Labute approximate surface area is 205 Å². The Kier molecular flexibility index (Phi) is 5.86. The standard InChI is InChI=1S/C23H25N11S/c1-14-9-26-20-18(14)19(27-13-28-20)16-10-29-34(11-16)17-5-3-15(4-6-17)12-35-23-31-22(32-33-23)30-21-24-7-2-8-25-21/h2,7-11,13,15,17H,3-6,12H2,1H3,(H,26,27,28)(H2,24,25,30,31,32,33). The molecule has 0 radical (unpaired) electrons. The molecule has 0 spiro atoms. The molecule has 12 heteroatoms. The molecule has 178 valence electrons. The number of aromatic amines is 2. The first-order valence-corrected chi connectivity index (χ1v) is 12.6. The molecule has 0 unspecified atom stereocenters. The normalized spacial score (nSPS) is 18.2. The first kappa shape index (κ1) is 21.7. The van der Waals surface area contributed by atoms with Crippen LogP contribution in [-0.2, 0) is 0 Å². The summed E-state index contributed by atoms with van der Waals surface area (Å²) in [4.78, 5) is 24.9. The van der Waals surface area contributed by atoms with Gasteiger partial charge in [-0.2, -0.15) is 10.1 Å². The number of nitrogens with zero attached hydrogens (tertiary/aromatic N) is 8.